The van der Waals surface area contributed by atoms with Gasteiger partial charge < -0.3 is 15.5 Å². The zero-order chi connectivity index (χ0) is 23.6. The molecule has 0 radical (unpaired) electrons. The lowest BCUT2D eigenvalue weighted by atomic mass is 9.92. The number of benzene rings is 2. The molecule has 2 aromatic carbocycles. The Morgan fingerprint density at radius 2 is 1.67 bits per heavy atom. The Hall–Kier alpha value is -3.68. The van der Waals surface area contributed by atoms with E-state index in [0.29, 0.717) is 37.1 Å². The number of nitrogens with one attached hydrogen (secondary N) is 2. The molecule has 172 valence electrons. The van der Waals surface area contributed by atoms with Crippen molar-refractivity contribution in [1.82, 2.24) is 20.4 Å². The first kappa shape index (κ1) is 22.5. The fourth-order valence-corrected chi connectivity index (χ4v) is 4.41. The highest BCUT2D eigenvalue weighted by Gasteiger charge is 2.49. The minimum absolute atomic E-state index is 0.0285. The molecule has 8 heteroatoms. The Balaban J connectivity index is 1.32. The van der Waals surface area contributed by atoms with Crippen LogP contribution in [-0.2, 0) is 15.1 Å². The van der Waals surface area contributed by atoms with Crippen LogP contribution in [0.25, 0.3) is 0 Å². The summed E-state index contributed by atoms with van der Waals surface area (Å²) >= 11 is 0. The van der Waals surface area contributed by atoms with Gasteiger partial charge in [0.1, 0.15) is 12.1 Å². The molecule has 4 rings (SSSR count). The molecule has 1 unspecified atom stereocenters. The van der Waals surface area contributed by atoms with E-state index in [4.69, 9.17) is 0 Å². The lowest BCUT2D eigenvalue weighted by Gasteiger charge is -2.33. The molecule has 2 fully saturated rings. The van der Waals surface area contributed by atoms with Crippen molar-refractivity contribution < 1.29 is 19.2 Å². The number of aryl methyl sites for hydroxylation is 1. The van der Waals surface area contributed by atoms with Crippen LogP contribution in [0.3, 0.4) is 0 Å². The minimum Gasteiger partial charge on any atom is -0.349 e. The van der Waals surface area contributed by atoms with Gasteiger partial charge in [0.25, 0.3) is 11.8 Å². The van der Waals surface area contributed by atoms with E-state index in [9.17, 15) is 19.2 Å². The Morgan fingerprint density at radius 3 is 2.33 bits per heavy atom. The fourth-order valence-electron chi connectivity index (χ4n) is 4.41. The number of rotatable bonds is 5. The number of urea groups is 1. The Labute approximate surface area is 192 Å². The van der Waals surface area contributed by atoms with Crippen LogP contribution >= 0.6 is 0 Å². The lowest BCUT2D eigenvalue weighted by Crippen LogP contribution is -2.50. The Kier molecular flexibility index (Phi) is 6.18. The molecule has 33 heavy (non-hydrogen) atoms. The van der Waals surface area contributed by atoms with Gasteiger partial charge in [-0.25, -0.2) is 4.79 Å². The standard InChI is InChI=1S/C25H28N4O4/c1-17-8-6-7-11-20(17)22(31)26-19-12-14-28(15-13-19)21(30)16-29-23(32)25(2,27-24(29)33)18-9-4-3-5-10-18/h3-11,19H,12-16H2,1-2H3,(H,26,31)(H,27,33). The fraction of sp³-hybridized carbons (Fsp3) is 0.360. The van der Waals surface area contributed by atoms with Crippen LogP contribution in [0, 0.1) is 6.92 Å². The second-order valence-electron chi connectivity index (χ2n) is 8.76. The molecule has 1 atom stereocenters. The highest BCUT2D eigenvalue weighted by molar-refractivity contribution is 6.09. The molecule has 0 aliphatic carbocycles. The third kappa shape index (κ3) is 4.46. The van der Waals surface area contributed by atoms with Gasteiger partial charge in [-0.15, -0.1) is 0 Å². The summed E-state index contributed by atoms with van der Waals surface area (Å²) < 4.78 is 0. The first-order chi connectivity index (χ1) is 15.8. The maximum Gasteiger partial charge on any atom is 0.325 e. The van der Waals surface area contributed by atoms with Crippen LogP contribution in [0.5, 0.6) is 0 Å². The van der Waals surface area contributed by atoms with Crippen LogP contribution in [-0.4, -0.2) is 59.2 Å². The van der Waals surface area contributed by atoms with Crippen molar-refractivity contribution in [2.45, 2.75) is 38.3 Å². The van der Waals surface area contributed by atoms with Gasteiger partial charge in [0.15, 0.2) is 0 Å². The molecule has 5 amide bonds. The summed E-state index contributed by atoms with van der Waals surface area (Å²) in [5, 5.41) is 5.77. The zero-order valence-corrected chi connectivity index (χ0v) is 18.8. The van der Waals surface area contributed by atoms with Crippen LogP contribution in [0.4, 0.5) is 4.79 Å². The van der Waals surface area contributed by atoms with E-state index in [-0.39, 0.29) is 24.4 Å². The normalized spacial score (nSPS) is 21.2. The van der Waals surface area contributed by atoms with Crippen LogP contribution < -0.4 is 10.6 Å². The van der Waals surface area contributed by atoms with Crippen LogP contribution in [0.15, 0.2) is 54.6 Å². The van der Waals surface area contributed by atoms with Gasteiger partial charge >= 0.3 is 6.03 Å². The second-order valence-corrected chi connectivity index (χ2v) is 8.76. The van der Waals surface area contributed by atoms with Crippen molar-refractivity contribution >= 4 is 23.8 Å². The van der Waals surface area contributed by atoms with Crippen molar-refractivity contribution in [2.24, 2.45) is 0 Å². The third-order valence-corrected chi connectivity index (χ3v) is 6.49. The smallest absolute Gasteiger partial charge is 0.325 e. The predicted octanol–water partition coefficient (Wildman–Crippen LogP) is 2.18. The first-order valence-electron chi connectivity index (χ1n) is 11.1. The van der Waals surface area contributed by atoms with Crippen LogP contribution in [0.1, 0.15) is 41.3 Å². The second kappa shape index (κ2) is 9.05. The van der Waals surface area contributed by atoms with E-state index in [2.05, 4.69) is 10.6 Å². The average Bonchev–Trinajstić information content (AvgIpc) is 3.04. The van der Waals surface area contributed by atoms with Gasteiger partial charge in [-0.05, 0) is 43.9 Å². The lowest BCUT2D eigenvalue weighted by molar-refractivity contribution is -0.139. The summed E-state index contributed by atoms with van der Waals surface area (Å²) in [4.78, 5) is 53.6. The monoisotopic (exact) mass is 448 g/mol. The summed E-state index contributed by atoms with van der Waals surface area (Å²) in [6, 6.07) is 15.8. The molecule has 0 bridgehead atoms. The highest BCUT2D eigenvalue weighted by atomic mass is 16.2. The molecule has 8 nitrogen and oxygen atoms in total. The number of amides is 5. The van der Waals surface area contributed by atoms with E-state index < -0.39 is 17.5 Å². The SMILES string of the molecule is Cc1ccccc1C(=O)NC1CCN(C(=O)CN2C(=O)NC(C)(c3ccccc3)C2=O)CC1. The van der Waals surface area contributed by atoms with Crippen molar-refractivity contribution in [3.63, 3.8) is 0 Å². The number of carbonyl (C=O) groups excluding carboxylic acids is 4. The topological polar surface area (TPSA) is 98.8 Å². The summed E-state index contributed by atoms with van der Waals surface area (Å²) in [6.07, 6.45) is 1.23. The van der Waals surface area contributed by atoms with Gasteiger partial charge in [0.2, 0.25) is 5.91 Å². The molecule has 2 saturated heterocycles. The number of hydrogen-bond acceptors (Lipinski definition) is 4. The van der Waals surface area contributed by atoms with Crippen molar-refractivity contribution in [3.05, 3.63) is 71.3 Å². The molecule has 2 aromatic rings. The quantitative estimate of drug-likeness (QED) is 0.685. The largest absolute Gasteiger partial charge is 0.349 e. The van der Waals surface area contributed by atoms with Gasteiger partial charge in [0.05, 0.1) is 0 Å². The minimum atomic E-state index is -1.19. The van der Waals surface area contributed by atoms with Gasteiger partial charge in [-0.2, -0.15) is 0 Å². The molecule has 2 heterocycles. The molecule has 2 aliphatic rings. The molecule has 0 aromatic heterocycles. The highest BCUT2D eigenvalue weighted by Crippen LogP contribution is 2.28. The summed E-state index contributed by atoms with van der Waals surface area (Å²) in [5.74, 6) is -0.829. The number of carbonyl (C=O) groups is 4. The molecule has 0 saturated carbocycles. The first-order valence-corrected chi connectivity index (χ1v) is 11.1. The maximum absolute atomic E-state index is 13.0. The van der Waals surface area contributed by atoms with Crippen molar-refractivity contribution in [3.8, 4) is 0 Å². The molecular weight excluding hydrogens is 420 g/mol. The average molecular weight is 449 g/mol. The molecule has 0 spiro atoms. The van der Waals surface area contributed by atoms with Gasteiger partial charge in [-0.1, -0.05) is 48.5 Å². The zero-order valence-electron chi connectivity index (χ0n) is 18.8. The van der Waals surface area contributed by atoms with E-state index in [0.717, 1.165) is 10.5 Å². The molecular formula is C25H28N4O4. The summed E-state index contributed by atoms with van der Waals surface area (Å²) in [7, 11) is 0. The number of nitrogens with zero attached hydrogens (tertiary/aromatic N) is 2. The van der Waals surface area contributed by atoms with E-state index >= 15 is 0 Å². The number of likely N-dealkylation sites (tertiary alicyclic amines) is 1. The molecule has 2 N–H and O–H groups in total. The third-order valence-electron chi connectivity index (χ3n) is 6.49. The van der Waals surface area contributed by atoms with E-state index in [1.807, 2.05) is 31.2 Å². The van der Waals surface area contributed by atoms with Gasteiger partial charge in [0, 0.05) is 24.7 Å². The predicted molar refractivity (Wildman–Crippen MR) is 122 cm³/mol. The van der Waals surface area contributed by atoms with E-state index in [1.165, 1.54) is 0 Å². The van der Waals surface area contributed by atoms with Crippen LogP contribution in [0.2, 0.25) is 0 Å². The summed E-state index contributed by atoms with van der Waals surface area (Å²) in [6.45, 7) is 4.16. The summed E-state index contributed by atoms with van der Waals surface area (Å²) in [5.41, 5.74) is 1.05. The van der Waals surface area contributed by atoms with Crippen molar-refractivity contribution in [1.29, 1.82) is 0 Å². The Bertz CT molecular complexity index is 1080. The number of piperidine rings is 1. The maximum atomic E-state index is 13.0. The Morgan fingerprint density at radius 1 is 1.03 bits per heavy atom. The number of hydrogen-bond donors (Lipinski definition) is 2. The number of imide groups is 1. The molecule has 2 aliphatic heterocycles. The van der Waals surface area contributed by atoms with Gasteiger partial charge in [-0.3, -0.25) is 19.3 Å². The van der Waals surface area contributed by atoms with Crippen molar-refractivity contribution in [2.75, 3.05) is 19.6 Å². The van der Waals surface area contributed by atoms with E-state index in [1.54, 1.807) is 42.2 Å².